The lowest BCUT2D eigenvalue weighted by atomic mass is 10.0. The Labute approximate surface area is 257 Å². The summed E-state index contributed by atoms with van der Waals surface area (Å²) >= 11 is 1.54. The topological polar surface area (TPSA) is 110 Å². The molecule has 5 heterocycles. The Balaban J connectivity index is 0.962. The predicted octanol–water partition coefficient (Wildman–Crippen LogP) is 7.09. The minimum Gasteiger partial charge on any atom is -0.317 e. The summed E-state index contributed by atoms with van der Waals surface area (Å²) in [6.45, 7) is 2.05. The number of benzene rings is 1. The monoisotopic (exact) mass is 596 g/mol. The highest BCUT2D eigenvalue weighted by molar-refractivity contribution is 7.23. The molecule has 0 spiro atoms. The Morgan fingerprint density at radius 2 is 1.61 bits per heavy atom. The molecule has 2 N–H and O–H groups in total. The molecule has 0 aliphatic heterocycles. The van der Waals surface area contributed by atoms with E-state index in [1.165, 1.54) is 5.56 Å². The zero-order valence-corrected chi connectivity index (χ0v) is 24.7. The molecular formula is C35H28N6O2S. The van der Waals surface area contributed by atoms with Gasteiger partial charge in [-0.05, 0) is 84.7 Å². The van der Waals surface area contributed by atoms with Crippen LogP contribution in [-0.4, -0.2) is 31.8 Å². The van der Waals surface area contributed by atoms with Crippen LogP contribution in [0, 0.1) is 18.8 Å². The fourth-order valence-corrected chi connectivity index (χ4v) is 7.14. The van der Waals surface area contributed by atoms with Crippen LogP contribution >= 0.6 is 11.3 Å². The maximum Gasteiger partial charge on any atom is 0.229 e. The van der Waals surface area contributed by atoms with Gasteiger partial charge in [0.2, 0.25) is 11.8 Å². The van der Waals surface area contributed by atoms with Crippen molar-refractivity contribution < 1.29 is 9.59 Å². The summed E-state index contributed by atoms with van der Waals surface area (Å²) in [5.41, 5.74) is 5.69. The van der Waals surface area contributed by atoms with Crippen molar-refractivity contribution in [3.63, 3.8) is 0 Å². The number of nitrogens with zero attached hydrogens (tertiary/aromatic N) is 4. The largest absolute Gasteiger partial charge is 0.317 e. The predicted molar refractivity (Wildman–Crippen MR) is 173 cm³/mol. The van der Waals surface area contributed by atoms with E-state index in [0.29, 0.717) is 11.7 Å². The number of aromatic nitrogens is 4. The van der Waals surface area contributed by atoms with Crippen molar-refractivity contribution >= 4 is 55.0 Å². The van der Waals surface area contributed by atoms with Crippen LogP contribution in [0.1, 0.15) is 41.4 Å². The average molecular weight is 597 g/mol. The minimum atomic E-state index is -0.118. The number of carbonyl (C=O) groups is 2. The zero-order chi connectivity index (χ0) is 29.8. The summed E-state index contributed by atoms with van der Waals surface area (Å²) in [5.74, 6) is 0.898. The Morgan fingerprint density at radius 3 is 2.45 bits per heavy atom. The van der Waals surface area contributed by atoms with Crippen molar-refractivity contribution in [2.45, 2.75) is 31.6 Å². The first kappa shape index (κ1) is 26.6. The van der Waals surface area contributed by atoms with Crippen LogP contribution in [0.4, 0.5) is 10.8 Å². The molecule has 8 nitrogen and oxygen atoms in total. The Morgan fingerprint density at radius 1 is 0.818 bits per heavy atom. The van der Waals surface area contributed by atoms with Gasteiger partial charge in [-0.2, -0.15) is 0 Å². The molecule has 44 heavy (non-hydrogen) atoms. The number of carbonyl (C=O) groups excluding carboxylic acids is 2. The van der Waals surface area contributed by atoms with Gasteiger partial charge in [-0.15, -0.1) is 11.3 Å². The van der Waals surface area contributed by atoms with Gasteiger partial charge in [0.1, 0.15) is 5.82 Å². The second kappa shape index (κ2) is 10.6. The molecule has 2 fully saturated rings. The first-order valence-corrected chi connectivity index (χ1v) is 15.6. The van der Waals surface area contributed by atoms with Crippen LogP contribution in [0.15, 0.2) is 91.5 Å². The Hall–Kier alpha value is -5.02. The molecule has 6 aromatic rings. The molecule has 0 bridgehead atoms. The highest BCUT2D eigenvalue weighted by Gasteiger charge is 2.45. The van der Waals surface area contributed by atoms with Crippen LogP contribution in [0.5, 0.6) is 0 Å². The van der Waals surface area contributed by atoms with E-state index in [9.17, 15) is 9.59 Å². The van der Waals surface area contributed by atoms with Gasteiger partial charge >= 0.3 is 0 Å². The maximum atomic E-state index is 13.0. The van der Waals surface area contributed by atoms with E-state index in [0.717, 1.165) is 61.3 Å². The van der Waals surface area contributed by atoms with Gasteiger partial charge < -0.3 is 10.6 Å². The molecule has 2 saturated carbocycles. The van der Waals surface area contributed by atoms with Crippen LogP contribution in [0.25, 0.3) is 32.4 Å². The van der Waals surface area contributed by atoms with E-state index >= 15 is 0 Å². The fraction of sp³-hybridized carbons (Fsp3) is 0.200. The molecule has 9 heteroatoms. The van der Waals surface area contributed by atoms with E-state index in [-0.39, 0.29) is 29.6 Å². The number of anilines is 2. The van der Waals surface area contributed by atoms with Crippen molar-refractivity contribution in [2.24, 2.45) is 11.8 Å². The summed E-state index contributed by atoms with van der Waals surface area (Å²) < 4.78 is 1.02. The number of thiophene rings is 1. The lowest BCUT2D eigenvalue weighted by Crippen LogP contribution is -2.15. The van der Waals surface area contributed by atoms with E-state index in [1.807, 2.05) is 67.7 Å². The molecular weight excluding hydrogens is 568 g/mol. The van der Waals surface area contributed by atoms with Crippen molar-refractivity contribution in [3.8, 4) is 11.4 Å². The third-order valence-corrected chi connectivity index (χ3v) is 9.74. The number of fused-ring (bicyclic) bond motifs is 2. The van der Waals surface area contributed by atoms with Gasteiger partial charge in [-0.3, -0.25) is 24.5 Å². The van der Waals surface area contributed by atoms with E-state index < -0.39 is 0 Å². The number of amides is 2. The quantitative estimate of drug-likeness (QED) is 0.204. The molecule has 0 saturated heterocycles. The molecule has 2 aliphatic carbocycles. The molecule has 5 aromatic heterocycles. The molecule has 2 aliphatic rings. The number of nitrogens with one attached hydrogen (secondary N) is 2. The molecule has 2 amide bonds. The van der Waals surface area contributed by atoms with Gasteiger partial charge in [-0.25, -0.2) is 4.98 Å². The van der Waals surface area contributed by atoms with Crippen molar-refractivity contribution in [3.05, 3.63) is 108 Å². The van der Waals surface area contributed by atoms with Gasteiger partial charge in [0, 0.05) is 47.4 Å². The SMILES string of the molecule is Cc1c(-c2cc(C3CC3C(=O)Nc3ccc4cnccc4n3)ccn2)ncc2sc(NC(=O)C3CC3c3ccccc3)cc12. The number of rotatable bonds is 7. The lowest BCUT2D eigenvalue weighted by molar-refractivity contribution is -0.118. The zero-order valence-electron chi connectivity index (χ0n) is 23.9. The first-order chi connectivity index (χ1) is 21.5. The number of aryl methyl sites for hydroxylation is 1. The van der Waals surface area contributed by atoms with Crippen molar-refractivity contribution in [1.82, 2.24) is 19.9 Å². The third kappa shape index (κ3) is 4.99. The van der Waals surface area contributed by atoms with Crippen molar-refractivity contribution in [2.75, 3.05) is 10.6 Å². The summed E-state index contributed by atoms with van der Waals surface area (Å²) in [7, 11) is 0. The fourth-order valence-electron chi connectivity index (χ4n) is 6.14. The second-order valence-corrected chi connectivity index (χ2v) is 12.7. The average Bonchev–Trinajstić information content (AvgIpc) is 3.98. The van der Waals surface area contributed by atoms with Crippen molar-refractivity contribution in [1.29, 1.82) is 0 Å². The van der Waals surface area contributed by atoms with E-state index in [4.69, 9.17) is 4.98 Å². The maximum absolute atomic E-state index is 13.0. The van der Waals surface area contributed by atoms with Crippen LogP contribution in [0.2, 0.25) is 0 Å². The Bertz CT molecular complexity index is 2080. The summed E-state index contributed by atoms with van der Waals surface area (Å²) in [4.78, 5) is 44.1. The number of hydrogen-bond donors (Lipinski definition) is 2. The van der Waals surface area contributed by atoms with Crippen LogP contribution in [-0.2, 0) is 9.59 Å². The Kier molecular flexibility index (Phi) is 6.41. The standard InChI is InChI=1S/C35H28N6O2S/c1-19-23-16-32(41-35(43)26-14-24(26)20-5-3-2-4-6-20)44-30(23)18-38-33(19)29-13-21(9-12-37-29)25-15-27(25)34(42)40-31-8-7-22-17-36-11-10-28(22)39-31/h2-13,16-18,24-27H,14-15H2,1H3,(H,41,43)(H,39,40,42). The summed E-state index contributed by atoms with van der Waals surface area (Å²) in [6.07, 6.45) is 8.76. The summed E-state index contributed by atoms with van der Waals surface area (Å²) in [5, 5.41) is 8.94. The third-order valence-electron chi connectivity index (χ3n) is 8.76. The molecule has 216 valence electrons. The summed E-state index contributed by atoms with van der Waals surface area (Å²) in [6, 6.07) is 21.9. The van der Waals surface area contributed by atoms with Crippen LogP contribution < -0.4 is 10.6 Å². The van der Waals surface area contributed by atoms with Gasteiger partial charge in [-0.1, -0.05) is 30.3 Å². The highest BCUT2D eigenvalue weighted by atomic mass is 32.1. The van der Waals surface area contributed by atoms with Crippen LogP contribution in [0.3, 0.4) is 0 Å². The van der Waals surface area contributed by atoms with Gasteiger partial charge in [0.25, 0.3) is 0 Å². The molecule has 8 rings (SSSR count). The molecule has 4 unspecified atom stereocenters. The van der Waals surface area contributed by atoms with E-state index in [1.54, 1.807) is 29.9 Å². The second-order valence-electron chi connectivity index (χ2n) is 11.6. The minimum absolute atomic E-state index is 0.0130. The molecule has 0 radical (unpaired) electrons. The van der Waals surface area contributed by atoms with Gasteiger partial charge in [0.15, 0.2) is 0 Å². The highest BCUT2D eigenvalue weighted by Crippen LogP contribution is 2.49. The lowest BCUT2D eigenvalue weighted by Gasteiger charge is -2.08. The molecule has 1 aromatic carbocycles. The number of pyridine rings is 4. The normalized spacial score (nSPS) is 20.4. The van der Waals surface area contributed by atoms with E-state index in [2.05, 4.69) is 37.7 Å². The van der Waals surface area contributed by atoms with Gasteiger partial charge in [0.05, 0.1) is 26.6 Å². The smallest absolute Gasteiger partial charge is 0.229 e. The molecule has 4 atom stereocenters. The first-order valence-electron chi connectivity index (χ1n) is 14.7. The number of hydrogen-bond acceptors (Lipinski definition) is 7.